The van der Waals surface area contributed by atoms with Gasteiger partial charge in [0.1, 0.15) is 5.69 Å². The highest BCUT2D eigenvalue weighted by atomic mass is 16.6. The summed E-state index contributed by atoms with van der Waals surface area (Å²) >= 11 is 0. The van der Waals surface area contributed by atoms with Crippen LogP contribution in [0.1, 0.15) is 30.1 Å². The summed E-state index contributed by atoms with van der Waals surface area (Å²) in [4.78, 5) is 14.8. The van der Waals surface area contributed by atoms with Crippen LogP contribution in [0.25, 0.3) is 0 Å². The van der Waals surface area contributed by atoms with Gasteiger partial charge in [-0.25, -0.2) is 4.98 Å². The van der Waals surface area contributed by atoms with Crippen molar-refractivity contribution in [2.75, 3.05) is 5.32 Å². The first kappa shape index (κ1) is 12.7. The van der Waals surface area contributed by atoms with Crippen molar-refractivity contribution in [2.24, 2.45) is 0 Å². The molecule has 20 heavy (non-hydrogen) atoms. The van der Waals surface area contributed by atoms with Gasteiger partial charge in [0.15, 0.2) is 0 Å². The van der Waals surface area contributed by atoms with Crippen LogP contribution in [-0.2, 0) is 6.54 Å². The molecule has 1 saturated carbocycles. The first-order chi connectivity index (χ1) is 9.65. The van der Waals surface area contributed by atoms with Crippen molar-refractivity contribution in [3.05, 3.63) is 52.1 Å². The number of benzene rings is 1. The van der Waals surface area contributed by atoms with Crippen LogP contribution in [0.15, 0.2) is 30.7 Å². The molecule has 0 unspecified atom stereocenters. The Kier molecular flexibility index (Phi) is 3.14. The molecule has 1 fully saturated rings. The number of hydrogen-bond donors (Lipinski definition) is 1. The molecular weight excluding hydrogens is 256 g/mol. The van der Waals surface area contributed by atoms with E-state index in [9.17, 15) is 10.1 Å². The zero-order valence-corrected chi connectivity index (χ0v) is 11.2. The van der Waals surface area contributed by atoms with E-state index < -0.39 is 0 Å². The Morgan fingerprint density at radius 2 is 2.30 bits per heavy atom. The van der Waals surface area contributed by atoms with Gasteiger partial charge in [0.2, 0.25) is 0 Å². The maximum Gasteiger partial charge on any atom is 0.292 e. The molecule has 0 saturated heterocycles. The van der Waals surface area contributed by atoms with Crippen molar-refractivity contribution < 1.29 is 4.92 Å². The van der Waals surface area contributed by atoms with Crippen LogP contribution >= 0.6 is 0 Å². The largest absolute Gasteiger partial charge is 0.374 e. The summed E-state index contributed by atoms with van der Waals surface area (Å²) in [6.45, 7) is 2.46. The van der Waals surface area contributed by atoms with E-state index in [1.807, 2.05) is 19.4 Å². The second kappa shape index (κ2) is 4.96. The summed E-state index contributed by atoms with van der Waals surface area (Å²) < 4.78 is 2.15. The van der Waals surface area contributed by atoms with Gasteiger partial charge in [-0.15, -0.1) is 0 Å². The number of nitrogens with zero attached hydrogens (tertiary/aromatic N) is 3. The molecule has 6 nitrogen and oxygen atoms in total. The molecule has 1 N–H and O–H groups in total. The van der Waals surface area contributed by atoms with E-state index in [4.69, 9.17) is 0 Å². The number of nitro benzene ring substituents is 1. The maximum atomic E-state index is 11.0. The van der Waals surface area contributed by atoms with E-state index in [1.165, 1.54) is 18.9 Å². The van der Waals surface area contributed by atoms with E-state index in [-0.39, 0.29) is 10.6 Å². The highest BCUT2D eigenvalue weighted by molar-refractivity contribution is 5.62. The number of aromatic nitrogens is 2. The highest BCUT2D eigenvalue weighted by Crippen LogP contribution is 2.36. The second-order valence-corrected chi connectivity index (χ2v) is 5.15. The average Bonchev–Trinajstić information content (AvgIpc) is 3.15. The SMILES string of the molecule is Cc1ccc([N+](=O)[O-])c(NCc2cncn2C2CC2)c1. The summed E-state index contributed by atoms with van der Waals surface area (Å²) in [6.07, 6.45) is 6.02. The minimum atomic E-state index is -0.361. The molecule has 0 atom stereocenters. The van der Waals surface area contributed by atoms with Gasteiger partial charge in [0.25, 0.3) is 5.69 Å². The number of anilines is 1. The van der Waals surface area contributed by atoms with E-state index in [0.29, 0.717) is 18.3 Å². The Bertz CT molecular complexity index is 646. The fourth-order valence-corrected chi connectivity index (χ4v) is 2.29. The Morgan fingerprint density at radius 1 is 1.50 bits per heavy atom. The predicted octanol–water partition coefficient (Wildman–Crippen LogP) is 3.05. The van der Waals surface area contributed by atoms with Crippen LogP contribution < -0.4 is 5.32 Å². The molecule has 0 bridgehead atoms. The Labute approximate surface area is 116 Å². The molecule has 1 aliphatic carbocycles. The van der Waals surface area contributed by atoms with Gasteiger partial charge in [-0.3, -0.25) is 10.1 Å². The van der Waals surface area contributed by atoms with E-state index in [0.717, 1.165) is 11.3 Å². The lowest BCUT2D eigenvalue weighted by Gasteiger charge is -2.10. The minimum Gasteiger partial charge on any atom is -0.374 e. The van der Waals surface area contributed by atoms with E-state index in [2.05, 4.69) is 14.9 Å². The number of nitrogens with one attached hydrogen (secondary N) is 1. The van der Waals surface area contributed by atoms with Crippen molar-refractivity contribution in [1.82, 2.24) is 9.55 Å². The van der Waals surface area contributed by atoms with Crippen LogP contribution in [0.4, 0.5) is 11.4 Å². The molecule has 1 aliphatic rings. The third-order valence-electron chi connectivity index (χ3n) is 3.50. The van der Waals surface area contributed by atoms with E-state index in [1.54, 1.807) is 12.1 Å². The normalized spacial score (nSPS) is 14.2. The monoisotopic (exact) mass is 272 g/mol. The molecule has 1 aromatic carbocycles. The van der Waals surface area contributed by atoms with Crippen molar-refractivity contribution in [3.8, 4) is 0 Å². The number of rotatable bonds is 5. The maximum absolute atomic E-state index is 11.0. The molecule has 1 heterocycles. The molecule has 0 aliphatic heterocycles. The Hall–Kier alpha value is -2.37. The average molecular weight is 272 g/mol. The summed E-state index contributed by atoms with van der Waals surface area (Å²) in [5, 5.41) is 14.2. The Balaban J connectivity index is 1.79. The first-order valence-corrected chi connectivity index (χ1v) is 6.65. The third kappa shape index (κ3) is 2.49. The van der Waals surface area contributed by atoms with Crippen molar-refractivity contribution in [3.63, 3.8) is 0 Å². The molecule has 0 amide bonds. The standard InChI is InChI=1S/C14H16N4O2/c1-10-2-5-14(18(19)20)13(6-10)16-8-12-7-15-9-17(12)11-3-4-11/h2,5-7,9,11,16H,3-4,8H2,1H3. The summed E-state index contributed by atoms with van der Waals surface area (Å²) in [5.41, 5.74) is 2.71. The van der Waals surface area contributed by atoms with Crippen LogP contribution in [-0.4, -0.2) is 14.5 Å². The van der Waals surface area contributed by atoms with Gasteiger partial charge in [-0.2, -0.15) is 0 Å². The van der Waals surface area contributed by atoms with Gasteiger partial charge in [-0.05, 0) is 31.4 Å². The van der Waals surface area contributed by atoms with Gasteiger partial charge in [0, 0.05) is 18.3 Å². The Morgan fingerprint density at radius 3 is 3.00 bits per heavy atom. The zero-order chi connectivity index (χ0) is 14.1. The lowest BCUT2D eigenvalue weighted by molar-refractivity contribution is -0.384. The smallest absolute Gasteiger partial charge is 0.292 e. The van der Waals surface area contributed by atoms with Crippen LogP contribution in [0.5, 0.6) is 0 Å². The lowest BCUT2D eigenvalue weighted by atomic mass is 10.2. The molecule has 6 heteroatoms. The third-order valence-corrected chi connectivity index (χ3v) is 3.50. The van der Waals surface area contributed by atoms with Crippen LogP contribution in [0.3, 0.4) is 0 Å². The highest BCUT2D eigenvalue weighted by Gasteiger charge is 2.25. The summed E-state index contributed by atoms with van der Waals surface area (Å²) in [6, 6.07) is 5.64. The molecule has 104 valence electrons. The number of hydrogen-bond acceptors (Lipinski definition) is 4. The minimum absolute atomic E-state index is 0.105. The lowest BCUT2D eigenvalue weighted by Crippen LogP contribution is -2.07. The predicted molar refractivity (Wildman–Crippen MR) is 75.7 cm³/mol. The van der Waals surface area contributed by atoms with Gasteiger partial charge in [0.05, 0.1) is 23.5 Å². The van der Waals surface area contributed by atoms with Crippen molar-refractivity contribution in [1.29, 1.82) is 0 Å². The van der Waals surface area contributed by atoms with Crippen molar-refractivity contribution >= 4 is 11.4 Å². The summed E-state index contributed by atoms with van der Waals surface area (Å²) in [5.74, 6) is 0. The fourth-order valence-electron chi connectivity index (χ4n) is 2.29. The fraction of sp³-hybridized carbons (Fsp3) is 0.357. The number of aryl methyl sites for hydroxylation is 1. The molecule has 3 rings (SSSR count). The number of imidazole rings is 1. The van der Waals surface area contributed by atoms with Crippen molar-refractivity contribution in [2.45, 2.75) is 32.4 Å². The van der Waals surface area contributed by atoms with Gasteiger partial charge in [-0.1, -0.05) is 6.07 Å². The van der Waals surface area contributed by atoms with Crippen LogP contribution in [0, 0.1) is 17.0 Å². The summed E-state index contributed by atoms with van der Waals surface area (Å²) in [7, 11) is 0. The molecule has 0 radical (unpaired) electrons. The zero-order valence-electron chi connectivity index (χ0n) is 11.2. The van der Waals surface area contributed by atoms with Gasteiger partial charge < -0.3 is 9.88 Å². The van der Waals surface area contributed by atoms with Crippen LogP contribution in [0.2, 0.25) is 0 Å². The second-order valence-electron chi connectivity index (χ2n) is 5.15. The molecule has 1 aromatic heterocycles. The molecular formula is C14H16N4O2. The van der Waals surface area contributed by atoms with Gasteiger partial charge >= 0.3 is 0 Å². The van der Waals surface area contributed by atoms with E-state index >= 15 is 0 Å². The molecule has 0 spiro atoms. The molecule has 2 aromatic rings. The first-order valence-electron chi connectivity index (χ1n) is 6.65. The number of nitro groups is 1. The topological polar surface area (TPSA) is 73.0 Å². The quantitative estimate of drug-likeness (QED) is 0.670.